The van der Waals surface area contributed by atoms with E-state index >= 15 is 0 Å². The van der Waals surface area contributed by atoms with Crippen molar-refractivity contribution in [2.75, 3.05) is 0 Å². The van der Waals surface area contributed by atoms with Crippen LogP contribution >= 0.6 is 11.3 Å². The van der Waals surface area contributed by atoms with Crippen LogP contribution in [0.3, 0.4) is 0 Å². The molecule has 294 valence electrons. The molecule has 0 fully saturated rings. The van der Waals surface area contributed by atoms with E-state index in [0.29, 0.717) is 0 Å². The Balaban J connectivity index is 1.04. The molecule has 0 aliphatic heterocycles. The lowest BCUT2D eigenvalue weighted by molar-refractivity contribution is 1.18. The molecule has 3 heteroatoms. The number of aromatic nitrogens is 2. The largest absolute Gasteiger partial charge is 0.309 e. The van der Waals surface area contributed by atoms with E-state index in [-0.39, 0.29) is 0 Å². The van der Waals surface area contributed by atoms with Crippen LogP contribution in [0.25, 0.3) is 120 Å². The highest BCUT2D eigenvalue weighted by Gasteiger charge is 2.20. The molecule has 13 aromatic rings. The van der Waals surface area contributed by atoms with Gasteiger partial charge in [-0.25, -0.2) is 0 Å². The second-order valence-electron chi connectivity index (χ2n) is 16.5. The number of hydrogen-bond donors (Lipinski definition) is 0. The topological polar surface area (TPSA) is 9.86 Å². The van der Waals surface area contributed by atoms with E-state index in [1.165, 1.54) is 114 Å². The second kappa shape index (κ2) is 14.3. The van der Waals surface area contributed by atoms with Crippen LogP contribution in [0.2, 0.25) is 0 Å². The van der Waals surface area contributed by atoms with Gasteiger partial charge in [0.1, 0.15) is 0 Å². The van der Waals surface area contributed by atoms with Crippen molar-refractivity contribution in [3.05, 3.63) is 231 Å². The van der Waals surface area contributed by atoms with E-state index in [1.807, 2.05) is 11.3 Å². The summed E-state index contributed by atoms with van der Waals surface area (Å²) in [6.45, 7) is 0. The number of fused-ring (bicyclic) bond motifs is 9. The summed E-state index contributed by atoms with van der Waals surface area (Å²) in [4.78, 5) is 0. The summed E-state index contributed by atoms with van der Waals surface area (Å²) >= 11 is 1.89. The number of hydrogen-bond acceptors (Lipinski definition) is 1. The molecule has 0 bridgehead atoms. The van der Waals surface area contributed by atoms with Crippen molar-refractivity contribution in [3.8, 4) is 55.9 Å². The lowest BCUT2D eigenvalue weighted by Crippen LogP contribution is -1.95. The van der Waals surface area contributed by atoms with Crippen molar-refractivity contribution in [2.24, 2.45) is 0 Å². The van der Waals surface area contributed by atoms with Crippen molar-refractivity contribution < 1.29 is 0 Å². The van der Waals surface area contributed by atoms with Gasteiger partial charge in [0.15, 0.2) is 0 Å². The van der Waals surface area contributed by atoms with E-state index in [0.717, 1.165) is 5.69 Å². The lowest BCUT2D eigenvalue weighted by atomic mass is 9.98. The molecular weight excluding hydrogens is 781 g/mol. The Morgan fingerprint density at radius 1 is 0.254 bits per heavy atom. The van der Waals surface area contributed by atoms with E-state index in [4.69, 9.17) is 0 Å². The van der Waals surface area contributed by atoms with Gasteiger partial charge < -0.3 is 9.13 Å². The van der Waals surface area contributed by atoms with Crippen LogP contribution in [0.4, 0.5) is 0 Å². The Kier molecular flexibility index (Phi) is 8.12. The number of thiophene rings is 1. The van der Waals surface area contributed by atoms with Gasteiger partial charge in [-0.3, -0.25) is 0 Å². The summed E-state index contributed by atoms with van der Waals surface area (Å²) in [5, 5.41) is 7.55. The summed E-state index contributed by atoms with van der Waals surface area (Å²) in [5.41, 5.74) is 16.8. The van der Waals surface area contributed by atoms with Crippen molar-refractivity contribution >= 4 is 75.1 Å². The molecule has 0 radical (unpaired) electrons. The van der Waals surface area contributed by atoms with Crippen LogP contribution in [0, 0.1) is 0 Å². The van der Waals surface area contributed by atoms with Crippen LogP contribution in [0.1, 0.15) is 0 Å². The number of para-hydroxylation sites is 2. The molecule has 0 aliphatic rings. The SMILES string of the molecule is c1ccc(-c2ccc(-c3cc(-n4c5ccc(-c6ccccc6)cc5c5cc(-c6ccc7c(c6)c6ccccc6n7-c6ccccc6)ccc54)cc4c3sc3ccccc34)cc2)cc1. The Hall–Kier alpha value is -7.98. The summed E-state index contributed by atoms with van der Waals surface area (Å²) in [6, 6.07) is 84.7. The lowest BCUT2D eigenvalue weighted by Gasteiger charge is -2.13. The highest BCUT2D eigenvalue weighted by atomic mass is 32.1. The van der Waals surface area contributed by atoms with E-state index in [2.05, 4.69) is 240 Å². The molecule has 3 aromatic heterocycles. The average Bonchev–Trinajstić information content (AvgIpc) is 4.01. The predicted molar refractivity (Wildman–Crippen MR) is 270 cm³/mol. The van der Waals surface area contributed by atoms with Gasteiger partial charge >= 0.3 is 0 Å². The molecule has 2 nitrogen and oxygen atoms in total. The fourth-order valence-corrected chi connectivity index (χ4v) is 11.1. The van der Waals surface area contributed by atoms with Gasteiger partial charge in [0.2, 0.25) is 0 Å². The van der Waals surface area contributed by atoms with Crippen molar-refractivity contribution in [1.82, 2.24) is 9.13 Å². The molecule has 3 heterocycles. The maximum absolute atomic E-state index is 2.49. The highest BCUT2D eigenvalue weighted by Crippen LogP contribution is 2.45. The highest BCUT2D eigenvalue weighted by molar-refractivity contribution is 7.26. The molecule has 0 atom stereocenters. The maximum Gasteiger partial charge on any atom is 0.0541 e. The molecule has 0 spiro atoms. The van der Waals surface area contributed by atoms with Crippen molar-refractivity contribution in [2.45, 2.75) is 0 Å². The first kappa shape index (κ1) is 35.7. The Morgan fingerprint density at radius 3 is 1.32 bits per heavy atom. The molecule has 63 heavy (non-hydrogen) atoms. The third kappa shape index (κ3) is 5.78. The van der Waals surface area contributed by atoms with Gasteiger partial charge in [-0.2, -0.15) is 0 Å². The summed E-state index contributed by atoms with van der Waals surface area (Å²) < 4.78 is 7.49. The molecular formula is C60H38N2S. The number of nitrogens with zero attached hydrogens (tertiary/aromatic N) is 2. The van der Waals surface area contributed by atoms with Gasteiger partial charge in [0, 0.05) is 58.7 Å². The number of benzene rings is 10. The van der Waals surface area contributed by atoms with Gasteiger partial charge in [0.25, 0.3) is 0 Å². The standard InChI is InChI=1S/C60H38N2S/c1-4-14-39(15-5-1)41-24-26-42(27-25-41)50-37-47(38-54-49-21-11-13-23-59(49)63-60(50)54)62-57-31-28-43(40-16-6-2-7-17-40)34-52(57)53-36-45(30-33-58(53)62)44-29-32-56-51(35-44)48-20-10-12-22-55(48)61(56)46-18-8-3-9-19-46/h1-38H. The van der Waals surface area contributed by atoms with Crippen LogP contribution in [0.15, 0.2) is 231 Å². The van der Waals surface area contributed by atoms with Gasteiger partial charge in [-0.15, -0.1) is 11.3 Å². The zero-order valence-corrected chi connectivity index (χ0v) is 35.1. The summed E-state index contributed by atoms with van der Waals surface area (Å²) in [7, 11) is 0. The van der Waals surface area contributed by atoms with E-state index < -0.39 is 0 Å². The second-order valence-corrected chi connectivity index (χ2v) is 17.5. The minimum Gasteiger partial charge on any atom is -0.309 e. The zero-order valence-electron chi connectivity index (χ0n) is 34.2. The Labute approximate surface area is 368 Å². The van der Waals surface area contributed by atoms with Crippen molar-refractivity contribution in [1.29, 1.82) is 0 Å². The first-order valence-electron chi connectivity index (χ1n) is 21.6. The van der Waals surface area contributed by atoms with Gasteiger partial charge in [-0.05, 0) is 112 Å². The Bertz CT molecular complexity index is 3870. The molecule has 0 amide bonds. The minimum atomic E-state index is 1.16. The first-order valence-corrected chi connectivity index (χ1v) is 22.4. The molecule has 0 N–H and O–H groups in total. The predicted octanol–water partition coefficient (Wildman–Crippen LogP) is 16.9. The fourth-order valence-electron chi connectivity index (χ4n) is 9.93. The van der Waals surface area contributed by atoms with Crippen molar-refractivity contribution in [3.63, 3.8) is 0 Å². The zero-order chi connectivity index (χ0) is 41.4. The third-order valence-electron chi connectivity index (χ3n) is 12.9. The first-order chi connectivity index (χ1) is 31.2. The molecule has 10 aromatic carbocycles. The van der Waals surface area contributed by atoms with Crippen LogP contribution < -0.4 is 0 Å². The molecule has 0 saturated carbocycles. The summed E-state index contributed by atoms with van der Waals surface area (Å²) in [6.07, 6.45) is 0. The molecule has 0 unspecified atom stereocenters. The quantitative estimate of drug-likeness (QED) is 0.158. The van der Waals surface area contributed by atoms with Crippen LogP contribution in [0.5, 0.6) is 0 Å². The number of rotatable bonds is 6. The maximum atomic E-state index is 2.49. The molecule has 0 saturated heterocycles. The minimum absolute atomic E-state index is 1.16. The van der Waals surface area contributed by atoms with Crippen LogP contribution in [-0.2, 0) is 0 Å². The van der Waals surface area contributed by atoms with E-state index in [1.54, 1.807) is 0 Å². The molecule has 13 rings (SSSR count). The average molecular weight is 819 g/mol. The smallest absolute Gasteiger partial charge is 0.0541 e. The van der Waals surface area contributed by atoms with Gasteiger partial charge in [0.05, 0.1) is 22.1 Å². The van der Waals surface area contributed by atoms with Gasteiger partial charge in [-0.1, -0.05) is 158 Å². The Morgan fingerprint density at radius 2 is 0.683 bits per heavy atom. The normalized spacial score (nSPS) is 11.8. The monoisotopic (exact) mass is 818 g/mol. The summed E-state index contributed by atoms with van der Waals surface area (Å²) in [5.74, 6) is 0. The van der Waals surface area contributed by atoms with E-state index in [9.17, 15) is 0 Å². The van der Waals surface area contributed by atoms with Crippen LogP contribution in [-0.4, -0.2) is 9.13 Å². The third-order valence-corrected chi connectivity index (χ3v) is 14.1. The fraction of sp³-hybridized carbons (Fsp3) is 0. The molecule has 0 aliphatic carbocycles.